The third-order valence-electron chi connectivity index (χ3n) is 2.56. The summed E-state index contributed by atoms with van der Waals surface area (Å²) in [6.45, 7) is 1.50. The molecule has 2 nitrogen and oxygen atoms in total. The number of benzene rings is 1. The highest BCUT2D eigenvalue weighted by Crippen LogP contribution is 2.25. The van der Waals surface area contributed by atoms with Gasteiger partial charge in [-0.25, -0.2) is 8.42 Å². The number of allylic oxidation sites excluding steroid dienone is 1. The van der Waals surface area contributed by atoms with E-state index in [2.05, 4.69) is 0 Å². The van der Waals surface area contributed by atoms with Crippen LogP contribution < -0.4 is 0 Å². The van der Waals surface area contributed by atoms with Gasteiger partial charge in [-0.1, -0.05) is 18.2 Å². The lowest BCUT2D eigenvalue weighted by Gasteiger charge is -2.06. The normalized spacial score (nSPS) is 13.3. The van der Waals surface area contributed by atoms with Crippen molar-refractivity contribution in [1.82, 2.24) is 0 Å². The fraction of sp³-hybridized carbons (Fsp3) is 0.385. The molecule has 18 heavy (non-hydrogen) atoms. The van der Waals surface area contributed by atoms with E-state index in [4.69, 9.17) is 11.6 Å². The average molecular weight is 291 g/mol. The second kappa shape index (κ2) is 6.90. The van der Waals surface area contributed by atoms with E-state index in [1.807, 2.05) is 0 Å². The van der Waals surface area contributed by atoms with Gasteiger partial charge < -0.3 is 0 Å². The molecule has 1 aromatic rings. The zero-order valence-corrected chi connectivity index (χ0v) is 11.8. The molecule has 0 aromatic heterocycles. The Morgan fingerprint density at radius 2 is 1.83 bits per heavy atom. The second-order valence-corrected chi connectivity index (χ2v) is 6.23. The molecular formula is C13H16ClFO2S. The van der Waals surface area contributed by atoms with Gasteiger partial charge in [0.05, 0.1) is 4.90 Å². The maximum absolute atomic E-state index is 13.9. The third-order valence-corrected chi connectivity index (χ3v) is 4.54. The fourth-order valence-electron chi connectivity index (χ4n) is 1.52. The molecule has 0 fully saturated rings. The van der Waals surface area contributed by atoms with Gasteiger partial charge >= 0.3 is 0 Å². The summed E-state index contributed by atoms with van der Waals surface area (Å²) >= 11 is 5.52. The minimum atomic E-state index is -4.00. The summed E-state index contributed by atoms with van der Waals surface area (Å²) in [6, 6.07) is 7.61. The van der Waals surface area contributed by atoms with Crippen LogP contribution in [0, 0.1) is 0 Å². The highest BCUT2D eigenvalue weighted by atomic mass is 35.5. The van der Waals surface area contributed by atoms with Crippen LogP contribution in [-0.2, 0) is 9.84 Å². The van der Waals surface area contributed by atoms with Crippen molar-refractivity contribution < 1.29 is 12.8 Å². The Kier molecular flexibility index (Phi) is 5.82. The first-order chi connectivity index (χ1) is 8.50. The van der Waals surface area contributed by atoms with Gasteiger partial charge in [0.1, 0.15) is 0 Å². The van der Waals surface area contributed by atoms with Gasteiger partial charge in [0, 0.05) is 5.88 Å². The van der Waals surface area contributed by atoms with Gasteiger partial charge in [-0.05, 0) is 43.9 Å². The van der Waals surface area contributed by atoms with Crippen LogP contribution in [0.15, 0.2) is 46.0 Å². The molecule has 0 unspecified atom stereocenters. The van der Waals surface area contributed by atoms with Crippen LogP contribution in [0.2, 0.25) is 0 Å². The van der Waals surface area contributed by atoms with Crippen LogP contribution in [0.1, 0.15) is 26.2 Å². The monoisotopic (exact) mass is 290 g/mol. The lowest BCUT2D eigenvalue weighted by Crippen LogP contribution is -2.03. The molecule has 0 radical (unpaired) electrons. The summed E-state index contributed by atoms with van der Waals surface area (Å²) in [7, 11) is -4.00. The van der Waals surface area contributed by atoms with Gasteiger partial charge in [0.25, 0.3) is 0 Å². The first kappa shape index (κ1) is 15.2. The average Bonchev–Trinajstić information content (AvgIpc) is 2.39. The van der Waals surface area contributed by atoms with E-state index < -0.39 is 15.0 Å². The predicted octanol–water partition coefficient (Wildman–Crippen LogP) is 4.07. The highest BCUT2D eigenvalue weighted by Gasteiger charge is 2.22. The molecule has 0 bridgehead atoms. The van der Waals surface area contributed by atoms with Crippen molar-refractivity contribution in [2.45, 2.75) is 31.1 Å². The molecule has 1 rings (SSSR count). The van der Waals surface area contributed by atoms with E-state index in [0.29, 0.717) is 18.7 Å². The molecule has 0 aliphatic rings. The van der Waals surface area contributed by atoms with Crippen LogP contribution in [0.25, 0.3) is 0 Å². The Morgan fingerprint density at radius 3 is 2.39 bits per heavy atom. The second-order valence-electron chi connectivity index (χ2n) is 4.02. The molecule has 0 heterocycles. The number of halogens is 2. The summed E-state index contributed by atoms with van der Waals surface area (Å²) in [5, 5.41) is -1.04. The Bertz CT molecular complexity index is 509. The Morgan fingerprint density at radius 1 is 1.22 bits per heavy atom. The number of alkyl halides is 1. The summed E-state index contributed by atoms with van der Waals surface area (Å²) in [6.07, 6.45) is 1.84. The maximum atomic E-state index is 13.9. The third kappa shape index (κ3) is 3.82. The van der Waals surface area contributed by atoms with Crippen molar-refractivity contribution in [3.8, 4) is 0 Å². The first-order valence-corrected chi connectivity index (χ1v) is 7.73. The fourth-order valence-corrected chi connectivity index (χ4v) is 2.99. The van der Waals surface area contributed by atoms with E-state index in [-0.39, 0.29) is 10.5 Å². The SMILES string of the molecule is C/C(CCCCCl)=C(\F)S(=O)(=O)c1ccccc1. The molecule has 0 saturated carbocycles. The molecule has 0 N–H and O–H groups in total. The van der Waals surface area contributed by atoms with Gasteiger partial charge in [-0.3, -0.25) is 0 Å². The molecule has 5 heteroatoms. The van der Waals surface area contributed by atoms with Crippen molar-refractivity contribution in [3.05, 3.63) is 41.1 Å². The van der Waals surface area contributed by atoms with Gasteiger partial charge in [-0.15, -0.1) is 11.6 Å². The molecule has 0 spiro atoms. The molecule has 100 valence electrons. The summed E-state index contributed by atoms with van der Waals surface area (Å²) in [5.74, 6) is 0.500. The lowest BCUT2D eigenvalue weighted by molar-refractivity contribution is 0.571. The van der Waals surface area contributed by atoms with Crippen molar-refractivity contribution >= 4 is 21.4 Å². The van der Waals surface area contributed by atoms with E-state index in [9.17, 15) is 12.8 Å². The molecular weight excluding hydrogens is 275 g/mol. The van der Waals surface area contributed by atoms with Crippen LogP contribution in [0.5, 0.6) is 0 Å². The minimum absolute atomic E-state index is 0.0146. The highest BCUT2D eigenvalue weighted by molar-refractivity contribution is 7.95. The Labute approximate surface area is 112 Å². The van der Waals surface area contributed by atoms with Gasteiger partial charge in [-0.2, -0.15) is 4.39 Å². The number of hydrogen-bond acceptors (Lipinski definition) is 2. The zero-order valence-electron chi connectivity index (χ0n) is 10.2. The number of unbranched alkanes of at least 4 members (excludes halogenated alkanes) is 1. The van der Waals surface area contributed by atoms with Crippen molar-refractivity contribution in [2.24, 2.45) is 0 Å². The van der Waals surface area contributed by atoms with E-state index >= 15 is 0 Å². The molecule has 0 aliphatic heterocycles. The summed E-state index contributed by atoms with van der Waals surface area (Å²) in [4.78, 5) is -0.0146. The van der Waals surface area contributed by atoms with E-state index in [0.717, 1.165) is 6.42 Å². The van der Waals surface area contributed by atoms with Crippen LogP contribution in [0.4, 0.5) is 4.39 Å². The van der Waals surface area contributed by atoms with Crippen LogP contribution in [-0.4, -0.2) is 14.3 Å². The van der Waals surface area contributed by atoms with Crippen molar-refractivity contribution in [3.63, 3.8) is 0 Å². The molecule has 0 aliphatic carbocycles. The smallest absolute Gasteiger partial charge is 0.216 e. The van der Waals surface area contributed by atoms with Gasteiger partial charge in [0.15, 0.2) is 0 Å². The molecule has 0 saturated heterocycles. The molecule has 1 aromatic carbocycles. The number of sulfone groups is 1. The van der Waals surface area contributed by atoms with Gasteiger partial charge in [0.2, 0.25) is 15.0 Å². The van der Waals surface area contributed by atoms with Crippen molar-refractivity contribution in [1.29, 1.82) is 0 Å². The largest absolute Gasteiger partial charge is 0.233 e. The van der Waals surface area contributed by atoms with Crippen LogP contribution >= 0.6 is 11.6 Å². The summed E-state index contributed by atoms with van der Waals surface area (Å²) in [5.41, 5.74) is 0.254. The van der Waals surface area contributed by atoms with Crippen LogP contribution in [0.3, 0.4) is 0 Å². The molecule has 0 amide bonds. The lowest BCUT2D eigenvalue weighted by atomic mass is 10.1. The topological polar surface area (TPSA) is 34.1 Å². The van der Waals surface area contributed by atoms with Crippen molar-refractivity contribution in [2.75, 3.05) is 5.88 Å². The zero-order chi connectivity index (χ0) is 13.6. The number of rotatable bonds is 6. The predicted molar refractivity (Wildman–Crippen MR) is 72.0 cm³/mol. The summed E-state index contributed by atoms with van der Waals surface area (Å²) < 4.78 is 37.8. The minimum Gasteiger partial charge on any atom is -0.216 e. The first-order valence-electron chi connectivity index (χ1n) is 5.71. The van der Waals surface area contributed by atoms with E-state index in [1.165, 1.54) is 19.1 Å². The standard InChI is InChI=1S/C13H16ClFO2S/c1-11(7-5-6-10-14)13(15)18(16,17)12-8-3-2-4-9-12/h2-4,8-9H,5-7,10H2,1H3/b13-11-. The van der Waals surface area contributed by atoms with E-state index in [1.54, 1.807) is 18.2 Å². The quantitative estimate of drug-likeness (QED) is 0.584. The number of hydrogen-bond donors (Lipinski definition) is 0. The Balaban J connectivity index is 2.94. The Hall–Kier alpha value is -0.870. The molecule has 0 atom stereocenters. The maximum Gasteiger partial charge on any atom is 0.233 e.